The lowest BCUT2D eigenvalue weighted by Gasteiger charge is -2.32. The number of nitrogens with zero attached hydrogens (tertiary/aromatic N) is 2. The van der Waals surface area contributed by atoms with E-state index in [-0.39, 0.29) is 11.8 Å². The van der Waals surface area contributed by atoms with Gasteiger partial charge >= 0.3 is 0 Å². The number of aromatic nitrogens is 1. The maximum Gasteiger partial charge on any atom is 0.255 e. The third kappa shape index (κ3) is 5.28. The summed E-state index contributed by atoms with van der Waals surface area (Å²) in [7, 11) is 0. The molecule has 0 spiro atoms. The second-order valence-corrected chi connectivity index (χ2v) is 7.49. The van der Waals surface area contributed by atoms with Crippen LogP contribution in [0.3, 0.4) is 0 Å². The zero-order valence-electron chi connectivity index (χ0n) is 15.0. The molecule has 25 heavy (non-hydrogen) atoms. The zero-order chi connectivity index (χ0) is 17.5. The Morgan fingerprint density at radius 3 is 2.52 bits per heavy atom. The number of carbonyl (C=O) groups is 2. The van der Waals surface area contributed by atoms with Gasteiger partial charge in [-0.15, -0.1) is 0 Å². The molecule has 2 fully saturated rings. The van der Waals surface area contributed by atoms with E-state index in [4.69, 9.17) is 0 Å². The van der Waals surface area contributed by atoms with Gasteiger partial charge in [0.15, 0.2) is 0 Å². The smallest absolute Gasteiger partial charge is 0.255 e. The molecule has 1 aliphatic carbocycles. The summed E-state index contributed by atoms with van der Waals surface area (Å²) in [6.07, 6.45) is 12.2. The number of likely N-dealkylation sites (tertiary alicyclic amines) is 1. The van der Waals surface area contributed by atoms with Crippen molar-refractivity contribution in [2.45, 2.75) is 51.4 Å². The highest BCUT2D eigenvalue weighted by atomic mass is 16.2. The minimum atomic E-state index is 0.0629. The summed E-state index contributed by atoms with van der Waals surface area (Å²) in [5.74, 6) is 1.34. The minimum absolute atomic E-state index is 0.0629. The predicted octanol–water partition coefficient (Wildman–Crippen LogP) is 3.02. The highest BCUT2D eigenvalue weighted by molar-refractivity contribution is 5.93. The van der Waals surface area contributed by atoms with Crippen molar-refractivity contribution in [3.05, 3.63) is 30.1 Å². The van der Waals surface area contributed by atoms with Gasteiger partial charge in [0.1, 0.15) is 0 Å². The Balaban J connectivity index is 1.36. The molecule has 0 bridgehead atoms. The van der Waals surface area contributed by atoms with Crippen LogP contribution in [0.2, 0.25) is 0 Å². The molecule has 2 amide bonds. The van der Waals surface area contributed by atoms with Gasteiger partial charge in [0.25, 0.3) is 5.91 Å². The van der Waals surface area contributed by atoms with Crippen molar-refractivity contribution in [3.8, 4) is 0 Å². The van der Waals surface area contributed by atoms with Crippen LogP contribution in [0.15, 0.2) is 24.5 Å². The lowest BCUT2D eigenvalue weighted by atomic mass is 9.87. The third-order valence-corrected chi connectivity index (χ3v) is 5.60. The molecule has 1 aromatic rings. The number of hydrogen-bond donors (Lipinski definition) is 1. The number of pyridine rings is 1. The minimum Gasteiger partial charge on any atom is -0.356 e. The average molecular weight is 343 g/mol. The first-order chi connectivity index (χ1) is 12.2. The number of hydrogen-bond acceptors (Lipinski definition) is 3. The number of nitrogens with one attached hydrogen (secondary N) is 1. The molecule has 0 aromatic carbocycles. The Morgan fingerprint density at radius 1 is 1.08 bits per heavy atom. The summed E-state index contributed by atoms with van der Waals surface area (Å²) < 4.78 is 0. The van der Waals surface area contributed by atoms with Gasteiger partial charge in [0.05, 0.1) is 5.56 Å². The summed E-state index contributed by atoms with van der Waals surface area (Å²) >= 11 is 0. The summed E-state index contributed by atoms with van der Waals surface area (Å²) in [6, 6.07) is 3.61. The molecule has 1 saturated heterocycles. The molecule has 0 atom stereocenters. The molecule has 1 aliphatic heterocycles. The van der Waals surface area contributed by atoms with E-state index in [2.05, 4.69) is 10.3 Å². The molecule has 5 heteroatoms. The molecule has 5 nitrogen and oxygen atoms in total. The lowest BCUT2D eigenvalue weighted by molar-refractivity contribution is -0.122. The van der Waals surface area contributed by atoms with Gasteiger partial charge < -0.3 is 10.2 Å². The second kappa shape index (κ2) is 8.97. The number of rotatable bonds is 5. The third-order valence-electron chi connectivity index (χ3n) is 5.60. The monoisotopic (exact) mass is 343 g/mol. The fourth-order valence-corrected chi connectivity index (χ4v) is 4.00. The molecule has 3 rings (SSSR count). The van der Waals surface area contributed by atoms with Crippen molar-refractivity contribution in [1.82, 2.24) is 15.2 Å². The Labute approximate surface area is 150 Å². The van der Waals surface area contributed by atoms with Crippen LogP contribution in [0.1, 0.15) is 61.7 Å². The van der Waals surface area contributed by atoms with Gasteiger partial charge in [-0.2, -0.15) is 0 Å². The van der Waals surface area contributed by atoms with Crippen LogP contribution < -0.4 is 5.32 Å². The molecule has 136 valence electrons. The highest BCUT2D eigenvalue weighted by Gasteiger charge is 2.24. The Morgan fingerprint density at radius 2 is 1.84 bits per heavy atom. The largest absolute Gasteiger partial charge is 0.356 e. The van der Waals surface area contributed by atoms with E-state index < -0.39 is 0 Å². The van der Waals surface area contributed by atoms with E-state index in [0.29, 0.717) is 23.8 Å². The zero-order valence-corrected chi connectivity index (χ0v) is 15.0. The normalized spacial score (nSPS) is 19.6. The molecular weight excluding hydrogens is 314 g/mol. The molecule has 1 aromatic heterocycles. The van der Waals surface area contributed by atoms with Crippen molar-refractivity contribution < 1.29 is 9.59 Å². The fourth-order valence-electron chi connectivity index (χ4n) is 4.00. The van der Waals surface area contributed by atoms with Crippen LogP contribution in [0, 0.1) is 11.8 Å². The molecule has 2 heterocycles. The highest BCUT2D eigenvalue weighted by Crippen LogP contribution is 2.26. The first-order valence-corrected chi connectivity index (χ1v) is 9.68. The summed E-state index contributed by atoms with van der Waals surface area (Å²) in [5.41, 5.74) is 0.654. The van der Waals surface area contributed by atoms with Gasteiger partial charge in [0, 0.05) is 38.4 Å². The molecular formula is C20H29N3O2. The summed E-state index contributed by atoms with van der Waals surface area (Å²) in [5, 5.41) is 3.12. The second-order valence-electron chi connectivity index (χ2n) is 7.49. The van der Waals surface area contributed by atoms with E-state index in [1.807, 2.05) is 11.0 Å². The number of carbonyl (C=O) groups excluding carboxylic acids is 2. The van der Waals surface area contributed by atoms with Crippen molar-refractivity contribution in [1.29, 1.82) is 0 Å². The molecule has 1 saturated carbocycles. The Kier molecular flexibility index (Phi) is 6.42. The maximum atomic E-state index is 12.4. The van der Waals surface area contributed by atoms with Crippen molar-refractivity contribution in [2.75, 3.05) is 19.6 Å². The van der Waals surface area contributed by atoms with Gasteiger partial charge in [-0.3, -0.25) is 14.6 Å². The maximum absolute atomic E-state index is 12.4. The number of piperidine rings is 1. The first kappa shape index (κ1) is 17.9. The van der Waals surface area contributed by atoms with Gasteiger partial charge in [-0.25, -0.2) is 0 Å². The quantitative estimate of drug-likeness (QED) is 0.894. The molecule has 1 N–H and O–H groups in total. The van der Waals surface area contributed by atoms with Crippen LogP contribution >= 0.6 is 0 Å². The lowest BCUT2D eigenvalue weighted by Crippen LogP contribution is -2.41. The van der Waals surface area contributed by atoms with Crippen LogP contribution in [-0.4, -0.2) is 41.3 Å². The SMILES string of the molecule is O=C(CC1CCCCC1)NCC1CCN(C(=O)c2cccnc2)CC1. The fraction of sp³-hybridized carbons (Fsp3) is 0.650. The van der Waals surface area contributed by atoms with Crippen LogP contribution in [-0.2, 0) is 4.79 Å². The Hall–Kier alpha value is -1.91. The van der Waals surface area contributed by atoms with E-state index in [1.54, 1.807) is 18.5 Å². The molecule has 2 aliphatic rings. The standard InChI is InChI=1S/C20H29N3O2/c24-19(13-16-5-2-1-3-6-16)22-14-17-8-11-23(12-9-17)20(25)18-7-4-10-21-15-18/h4,7,10,15-17H,1-3,5-6,8-9,11-14H2,(H,22,24). The van der Waals surface area contributed by atoms with Crippen molar-refractivity contribution >= 4 is 11.8 Å². The van der Waals surface area contributed by atoms with Gasteiger partial charge in [0.2, 0.25) is 5.91 Å². The van der Waals surface area contributed by atoms with Gasteiger partial charge in [-0.1, -0.05) is 19.3 Å². The summed E-state index contributed by atoms with van der Waals surface area (Å²) in [6.45, 7) is 2.27. The van der Waals surface area contributed by atoms with Crippen molar-refractivity contribution in [2.24, 2.45) is 11.8 Å². The number of amides is 2. The van der Waals surface area contributed by atoms with Crippen molar-refractivity contribution in [3.63, 3.8) is 0 Å². The van der Waals surface area contributed by atoms with E-state index in [0.717, 1.165) is 32.5 Å². The van der Waals surface area contributed by atoms with E-state index >= 15 is 0 Å². The van der Waals surface area contributed by atoms with Crippen LogP contribution in [0.25, 0.3) is 0 Å². The summed E-state index contributed by atoms with van der Waals surface area (Å²) in [4.78, 5) is 30.5. The average Bonchev–Trinajstić information content (AvgIpc) is 2.68. The topological polar surface area (TPSA) is 62.3 Å². The molecule has 0 radical (unpaired) electrons. The van der Waals surface area contributed by atoms with E-state index in [1.165, 1.54) is 32.1 Å². The van der Waals surface area contributed by atoms with Gasteiger partial charge in [-0.05, 0) is 49.7 Å². The Bertz CT molecular complexity index is 562. The van der Waals surface area contributed by atoms with E-state index in [9.17, 15) is 9.59 Å². The first-order valence-electron chi connectivity index (χ1n) is 9.68. The molecule has 0 unspecified atom stereocenters. The van der Waals surface area contributed by atoms with Crippen LogP contribution in [0.5, 0.6) is 0 Å². The van der Waals surface area contributed by atoms with Crippen LogP contribution in [0.4, 0.5) is 0 Å². The predicted molar refractivity (Wildman–Crippen MR) is 97.1 cm³/mol.